The number of benzene rings is 1. The molecule has 1 fully saturated rings. The van der Waals surface area contributed by atoms with E-state index in [0.717, 1.165) is 46.5 Å². The van der Waals surface area contributed by atoms with Crippen molar-refractivity contribution in [1.82, 2.24) is 14.6 Å². The zero-order valence-electron chi connectivity index (χ0n) is 17.4. The maximum atomic E-state index is 12.5. The van der Waals surface area contributed by atoms with Crippen molar-refractivity contribution in [1.29, 1.82) is 0 Å². The summed E-state index contributed by atoms with van der Waals surface area (Å²) in [6, 6.07) is 8.99. The molecule has 1 atom stereocenters. The van der Waals surface area contributed by atoms with Crippen LogP contribution in [0.3, 0.4) is 0 Å². The van der Waals surface area contributed by atoms with Gasteiger partial charge in [-0.25, -0.2) is 17.7 Å². The van der Waals surface area contributed by atoms with Crippen LogP contribution in [0.15, 0.2) is 41.4 Å². The molecule has 3 heterocycles. The number of piperidine rings is 1. The molecule has 31 heavy (non-hydrogen) atoms. The number of nitrogens with two attached hydrogens (primary N) is 1. The lowest BCUT2D eigenvalue weighted by molar-refractivity contribution is 0.100. The summed E-state index contributed by atoms with van der Waals surface area (Å²) in [4.78, 5) is 17.5. The fourth-order valence-electron chi connectivity index (χ4n) is 3.65. The van der Waals surface area contributed by atoms with Crippen molar-refractivity contribution in [3.05, 3.63) is 42.1 Å². The highest BCUT2D eigenvalue weighted by Crippen LogP contribution is 2.39. The fraction of sp³-hybridized carbons (Fsp3) is 0.333. The molecule has 3 aromatic rings. The monoisotopic (exact) mass is 459 g/mol. The number of rotatable bonds is 6. The summed E-state index contributed by atoms with van der Waals surface area (Å²) < 4.78 is 27.0. The van der Waals surface area contributed by atoms with E-state index < -0.39 is 15.9 Å². The van der Waals surface area contributed by atoms with Crippen LogP contribution in [-0.2, 0) is 10.0 Å². The molecule has 1 saturated heterocycles. The number of amides is 1. The molecule has 0 aliphatic carbocycles. The van der Waals surface area contributed by atoms with Gasteiger partial charge < -0.3 is 16.4 Å². The average molecular weight is 460 g/mol. The number of hydrogen-bond acceptors (Lipinski definition) is 7. The minimum absolute atomic E-state index is 0.215. The van der Waals surface area contributed by atoms with Crippen LogP contribution in [0, 0.1) is 0 Å². The van der Waals surface area contributed by atoms with Crippen LogP contribution < -0.4 is 16.4 Å². The van der Waals surface area contributed by atoms with Crippen LogP contribution >= 0.6 is 11.3 Å². The lowest BCUT2D eigenvalue weighted by atomic mass is 10.1. The van der Waals surface area contributed by atoms with Crippen molar-refractivity contribution in [2.45, 2.75) is 23.8 Å². The van der Waals surface area contributed by atoms with Crippen LogP contribution in [0.25, 0.3) is 20.5 Å². The molecular weight excluding hydrogens is 434 g/mol. The average Bonchev–Trinajstić information content (AvgIpc) is 3.20. The summed E-state index contributed by atoms with van der Waals surface area (Å²) in [7, 11) is -0.546. The third-order valence-electron chi connectivity index (χ3n) is 5.35. The van der Waals surface area contributed by atoms with Crippen molar-refractivity contribution >= 4 is 43.2 Å². The number of nitrogens with one attached hydrogen (secondary N) is 2. The van der Waals surface area contributed by atoms with E-state index in [9.17, 15) is 13.2 Å². The molecule has 0 bridgehead atoms. The SMILES string of the molecule is CN(C)S(=O)(=O)c1cccc(-c2cc3c(N[C@H]4CCCNC4)ncc(C(N)=O)c3s2)c1. The lowest BCUT2D eigenvalue weighted by Crippen LogP contribution is -2.38. The largest absolute Gasteiger partial charge is 0.366 e. The first kappa shape index (κ1) is 21.7. The second-order valence-corrected chi connectivity index (χ2v) is 10.9. The van der Waals surface area contributed by atoms with Gasteiger partial charge in [-0.1, -0.05) is 12.1 Å². The maximum Gasteiger partial charge on any atom is 0.251 e. The highest BCUT2D eigenvalue weighted by atomic mass is 32.2. The first-order valence-corrected chi connectivity index (χ1v) is 12.3. The van der Waals surface area contributed by atoms with E-state index in [0.29, 0.717) is 11.4 Å². The van der Waals surface area contributed by atoms with Crippen LogP contribution in [0.4, 0.5) is 5.82 Å². The van der Waals surface area contributed by atoms with Crippen molar-refractivity contribution < 1.29 is 13.2 Å². The van der Waals surface area contributed by atoms with Crippen molar-refractivity contribution in [3.8, 4) is 10.4 Å². The molecule has 1 aliphatic rings. The number of fused-ring (bicyclic) bond motifs is 1. The van der Waals surface area contributed by atoms with Gasteiger partial charge in [-0.15, -0.1) is 11.3 Å². The Morgan fingerprint density at radius 1 is 1.32 bits per heavy atom. The van der Waals surface area contributed by atoms with Crippen molar-refractivity contribution in [3.63, 3.8) is 0 Å². The molecule has 0 saturated carbocycles. The van der Waals surface area contributed by atoms with Crippen molar-refractivity contribution in [2.24, 2.45) is 5.73 Å². The van der Waals surface area contributed by atoms with Gasteiger partial charge in [0.25, 0.3) is 5.91 Å². The third kappa shape index (κ3) is 4.29. The predicted molar refractivity (Wildman–Crippen MR) is 124 cm³/mol. The molecular formula is C21H25N5O3S2. The van der Waals surface area contributed by atoms with Gasteiger partial charge >= 0.3 is 0 Å². The Morgan fingerprint density at radius 3 is 2.81 bits per heavy atom. The molecule has 0 unspecified atom stereocenters. The second kappa shape index (κ2) is 8.54. The van der Waals surface area contributed by atoms with E-state index in [-0.39, 0.29) is 10.9 Å². The topological polar surface area (TPSA) is 117 Å². The smallest absolute Gasteiger partial charge is 0.251 e. The minimum Gasteiger partial charge on any atom is -0.366 e. The van der Waals surface area contributed by atoms with Gasteiger partial charge in [0, 0.05) is 43.1 Å². The summed E-state index contributed by atoms with van der Waals surface area (Å²) in [6.45, 7) is 1.86. The number of primary amides is 1. The van der Waals surface area contributed by atoms with E-state index in [1.165, 1.54) is 35.9 Å². The number of hydrogen-bond donors (Lipinski definition) is 3. The van der Waals surface area contributed by atoms with E-state index in [1.807, 2.05) is 12.1 Å². The summed E-state index contributed by atoms with van der Waals surface area (Å²) >= 11 is 1.40. The Kier molecular flexibility index (Phi) is 5.98. The Balaban J connectivity index is 1.80. The molecule has 0 radical (unpaired) electrons. The molecule has 4 rings (SSSR count). The molecule has 4 N–H and O–H groups in total. The number of sulfonamides is 1. The molecule has 1 aromatic carbocycles. The summed E-state index contributed by atoms with van der Waals surface area (Å²) in [5.74, 6) is 0.161. The van der Waals surface area contributed by atoms with E-state index in [4.69, 9.17) is 5.73 Å². The Morgan fingerprint density at radius 2 is 2.13 bits per heavy atom. The highest BCUT2D eigenvalue weighted by molar-refractivity contribution is 7.89. The molecule has 164 valence electrons. The normalized spacial score (nSPS) is 17.2. The van der Waals surface area contributed by atoms with Crippen LogP contribution in [0.1, 0.15) is 23.2 Å². The van der Waals surface area contributed by atoms with Gasteiger partial charge in [-0.05, 0) is 43.1 Å². The van der Waals surface area contributed by atoms with Gasteiger partial charge in [0.2, 0.25) is 10.0 Å². The second-order valence-electron chi connectivity index (χ2n) is 7.74. The number of nitrogens with zero attached hydrogens (tertiary/aromatic N) is 2. The number of carbonyl (C=O) groups is 1. The minimum atomic E-state index is -3.55. The third-order valence-corrected chi connectivity index (χ3v) is 8.38. The molecule has 10 heteroatoms. The van der Waals surface area contributed by atoms with Crippen molar-refractivity contribution in [2.75, 3.05) is 32.5 Å². The van der Waals surface area contributed by atoms with Gasteiger partial charge in [0.1, 0.15) is 5.82 Å². The molecule has 0 spiro atoms. The number of anilines is 1. The van der Waals surface area contributed by atoms with Crippen LogP contribution in [-0.4, -0.2) is 56.8 Å². The molecule has 8 nitrogen and oxygen atoms in total. The predicted octanol–water partition coefficient (Wildman–Crippen LogP) is 2.48. The number of thiophene rings is 1. The zero-order chi connectivity index (χ0) is 22.2. The fourth-order valence-corrected chi connectivity index (χ4v) is 5.76. The molecule has 1 aliphatic heterocycles. The first-order valence-electron chi connectivity index (χ1n) is 10.00. The standard InChI is InChI=1S/C21H25N5O3S2/c1-26(2)31(28,29)15-7-3-5-13(9-15)18-10-16-19(30-18)17(20(22)27)12-24-21(16)25-14-6-4-8-23-11-14/h3,5,7,9-10,12,14,23H,4,6,8,11H2,1-2H3,(H2,22,27)(H,24,25)/t14-/m0/s1. The number of pyridine rings is 1. The van der Waals surface area contributed by atoms with E-state index in [2.05, 4.69) is 15.6 Å². The van der Waals surface area contributed by atoms with Gasteiger partial charge in [0.15, 0.2) is 0 Å². The van der Waals surface area contributed by atoms with Gasteiger partial charge in [-0.2, -0.15) is 0 Å². The maximum absolute atomic E-state index is 12.5. The number of aromatic nitrogens is 1. The lowest BCUT2D eigenvalue weighted by Gasteiger charge is -2.24. The summed E-state index contributed by atoms with van der Waals surface area (Å²) in [6.07, 6.45) is 3.63. The van der Waals surface area contributed by atoms with E-state index >= 15 is 0 Å². The number of carbonyl (C=O) groups excluding carboxylic acids is 1. The molecule has 2 aromatic heterocycles. The van der Waals surface area contributed by atoms with Crippen LogP contribution in [0.5, 0.6) is 0 Å². The highest BCUT2D eigenvalue weighted by Gasteiger charge is 2.21. The summed E-state index contributed by atoms with van der Waals surface area (Å²) in [5, 5.41) is 7.66. The summed E-state index contributed by atoms with van der Waals surface area (Å²) in [5.41, 5.74) is 6.70. The van der Waals surface area contributed by atoms with E-state index in [1.54, 1.807) is 18.2 Å². The van der Waals surface area contributed by atoms with Gasteiger partial charge in [0.05, 0.1) is 15.2 Å². The Hall–Kier alpha value is -2.53. The Bertz CT molecular complexity index is 1230. The van der Waals surface area contributed by atoms with Gasteiger partial charge in [-0.3, -0.25) is 4.79 Å². The zero-order valence-corrected chi connectivity index (χ0v) is 19.0. The first-order chi connectivity index (χ1) is 14.8. The Labute approximate surface area is 185 Å². The quantitative estimate of drug-likeness (QED) is 0.521. The van der Waals surface area contributed by atoms with Crippen LogP contribution in [0.2, 0.25) is 0 Å². The molecule has 1 amide bonds.